The fourth-order valence-corrected chi connectivity index (χ4v) is 4.85. The molecule has 0 saturated carbocycles. The molecule has 1 amide bonds. The SMILES string of the molecule is Cc1ccc2nc(COc3cccc(C(=O)N4CCCC(c5nccs5)C4)c3)cn2c1. The zero-order valence-corrected chi connectivity index (χ0v) is 18.2. The van der Waals surface area contributed by atoms with Crippen LogP contribution in [0.5, 0.6) is 5.75 Å². The number of hydrogen-bond donors (Lipinski definition) is 0. The van der Waals surface area contributed by atoms with E-state index < -0.39 is 0 Å². The van der Waals surface area contributed by atoms with Crippen molar-refractivity contribution in [3.8, 4) is 5.75 Å². The van der Waals surface area contributed by atoms with Crippen molar-refractivity contribution >= 4 is 22.9 Å². The molecule has 1 atom stereocenters. The number of likely N-dealkylation sites (tertiary alicyclic amines) is 1. The van der Waals surface area contributed by atoms with Gasteiger partial charge < -0.3 is 14.0 Å². The lowest BCUT2D eigenvalue weighted by molar-refractivity contribution is 0.0706. The van der Waals surface area contributed by atoms with Gasteiger partial charge in [0.05, 0.1) is 10.7 Å². The van der Waals surface area contributed by atoms with Crippen LogP contribution in [0.25, 0.3) is 5.65 Å². The zero-order valence-electron chi connectivity index (χ0n) is 17.4. The highest BCUT2D eigenvalue weighted by Crippen LogP contribution is 2.29. The number of imidazole rings is 1. The van der Waals surface area contributed by atoms with Gasteiger partial charge in [-0.15, -0.1) is 11.3 Å². The first kappa shape index (κ1) is 19.8. The number of ether oxygens (including phenoxy) is 1. The summed E-state index contributed by atoms with van der Waals surface area (Å²) in [5.41, 5.74) is 3.58. The number of carbonyl (C=O) groups is 1. The molecule has 3 aromatic heterocycles. The van der Waals surface area contributed by atoms with E-state index in [0.29, 0.717) is 23.8 Å². The quantitative estimate of drug-likeness (QED) is 0.459. The average Bonchev–Trinajstić information content (AvgIpc) is 3.47. The van der Waals surface area contributed by atoms with Crippen LogP contribution in [0, 0.1) is 6.92 Å². The molecular formula is C24H24N4O2S. The predicted octanol–water partition coefficient (Wildman–Crippen LogP) is 4.70. The third-order valence-electron chi connectivity index (χ3n) is 5.63. The Morgan fingerprint density at radius 3 is 3.06 bits per heavy atom. The zero-order chi connectivity index (χ0) is 21.2. The van der Waals surface area contributed by atoms with Gasteiger partial charge in [0.1, 0.15) is 18.0 Å². The summed E-state index contributed by atoms with van der Waals surface area (Å²) in [4.78, 5) is 24.1. The Balaban J connectivity index is 1.26. The van der Waals surface area contributed by atoms with Gasteiger partial charge in [-0.2, -0.15) is 0 Å². The molecule has 6 nitrogen and oxygen atoms in total. The van der Waals surface area contributed by atoms with Gasteiger partial charge in [-0.1, -0.05) is 12.1 Å². The molecule has 0 spiro atoms. The minimum atomic E-state index is 0.0508. The Morgan fingerprint density at radius 1 is 1.26 bits per heavy atom. The van der Waals surface area contributed by atoms with Crippen LogP contribution >= 0.6 is 11.3 Å². The van der Waals surface area contributed by atoms with E-state index in [4.69, 9.17) is 4.74 Å². The van der Waals surface area contributed by atoms with Crippen molar-refractivity contribution in [2.45, 2.75) is 32.3 Å². The summed E-state index contributed by atoms with van der Waals surface area (Å²) < 4.78 is 7.96. The second kappa shape index (κ2) is 8.51. The molecule has 0 aliphatic carbocycles. The van der Waals surface area contributed by atoms with Crippen LogP contribution in [0.4, 0.5) is 0 Å². The van der Waals surface area contributed by atoms with Crippen LogP contribution in [0.3, 0.4) is 0 Å². The molecule has 31 heavy (non-hydrogen) atoms. The van der Waals surface area contributed by atoms with Gasteiger partial charge in [-0.05, 0) is 49.6 Å². The van der Waals surface area contributed by atoms with Crippen LogP contribution in [0.2, 0.25) is 0 Å². The largest absolute Gasteiger partial charge is 0.487 e. The summed E-state index contributed by atoms with van der Waals surface area (Å²) in [6.07, 6.45) is 7.94. The molecule has 1 saturated heterocycles. The van der Waals surface area contributed by atoms with E-state index in [9.17, 15) is 4.79 Å². The maximum atomic E-state index is 13.1. The molecule has 7 heteroatoms. The van der Waals surface area contributed by atoms with Gasteiger partial charge >= 0.3 is 0 Å². The first-order valence-corrected chi connectivity index (χ1v) is 11.4. The van der Waals surface area contributed by atoms with Crippen LogP contribution in [-0.2, 0) is 6.61 Å². The number of piperidine rings is 1. The third kappa shape index (κ3) is 4.32. The lowest BCUT2D eigenvalue weighted by Gasteiger charge is -2.32. The monoisotopic (exact) mass is 432 g/mol. The van der Waals surface area contributed by atoms with Gasteiger partial charge in [-0.25, -0.2) is 9.97 Å². The van der Waals surface area contributed by atoms with Crippen molar-refractivity contribution in [2.75, 3.05) is 13.1 Å². The maximum absolute atomic E-state index is 13.1. The number of hydrogen-bond acceptors (Lipinski definition) is 5. The number of aromatic nitrogens is 3. The number of aryl methyl sites for hydroxylation is 1. The van der Waals surface area contributed by atoms with Crippen LogP contribution in [0.15, 0.2) is 60.4 Å². The topological polar surface area (TPSA) is 59.7 Å². The van der Waals surface area contributed by atoms with E-state index in [2.05, 4.69) is 16.9 Å². The van der Waals surface area contributed by atoms with Crippen molar-refractivity contribution in [3.63, 3.8) is 0 Å². The second-order valence-electron chi connectivity index (χ2n) is 7.98. The number of fused-ring (bicyclic) bond motifs is 1. The molecule has 1 unspecified atom stereocenters. The molecule has 1 aromatic carbocycles. The van der Waals surface area contributed by atoms with Gasteiger partial charge in [0.2, 0.25) is 0 Å². The fourth-order valence-electron chi connectivity index (χ4n) is 4.08. The normalized spacial score (nSPS) is 16.5. The third-order valence-corrected chi connectivity index (χ3v) is 6.56. The molecule has 0 bridgehead atoms. The van der Waals surface area contributed by atoms with Crippen molar-refractivity contribution in [3.05, 3.63) is 82.2 Å². The number of pyridine rings is 1. The first-order valence-electron chi connectivity index (χ1n) is 10.5. The van der Waals surface area contributed by atoms with Gasteiger partial charge in [0.25, 0.3) is 5.91 Å². The van der Waals surface area contributed by atoms with E-state index >= 15 is 0 Å². The molecule has 1 fully saturated rings. The molecule has 5 rings (SSSR count). The van der Waals surface area contributed by atoms with Gasteiger partial charge in [0.15, 0.2) is 0 Å². The Labute approximate surface area is 185 Å². The van der Waals surface area contributed by atoms with Gasteiger partial charge in [0, 0.05) is 48.5 Å². The summed E-state index contributed by atoms with van der Waals surface area (Å²) >= 11 is 1.67. The Hall–Kier alpha value is -3.19. The van der Waals surface area contributed by atoms with Gasteiger partial charge in [-0.3, -0.25) is 4.79 Å². The smallest absolute Gasteiger partial charge is 0.254 e. The fraction of sp³-hybridized carbons (Fsp3) is 0.292. The van der Waals surface area contributed by atoms with Crippen LogP contribution in [-0.4, -0.2) is 38.3 Å². The molecule has 0 N–H and O–H groups in total. The molecule has 4 aromatic rings. The number of benzene rings is 1. The van der Waals surface area contributed by atoms with Crippen molar-refractivity contribution in [1.82, 2.24) is 19.3 Å². The minimum Gasteiger partial charge on any atom is -0.487 e. The number of rotatable bonds is 5. The van der Waals surface area contributed by atoms with E-state index in [-0.39, 0.29) is 5.91 Å². The summed E-state index contributed by atoms with van der Waals surface area (Å²) in [5.74, 6) is 1.05. The number of carbonyl (C=O) groups excluding carboxylic acids is 1. The van der Waals surface area contributed by atoms with E-state index in [0.717, 1.165) is 42.3 Å². The Kier molecular flexibility index (Phi) is 5.42. The summed E-state index contributed by atoms with van der Waals surface area (Å²) in [5, 5.41) is 3.12. The molecule has 0 radical (unpaired) electrons. The lowest BCUT2D eigenvalue weighted by Crippen LogP contribution is -2.39. The second-order valence-corrected chi connectivity index (χ2v) is 8.91. The summed E-state index contributed by atoms with van der Waals surface area (Å²) in [6.45, 7) is 3.92. The summed E-state index contributed by atoms with van der Waals surface area (Å²) in [7, 11) is 0. The molecular weight excluding hydrogens is 408 g/mol. The van der Waals surface area contributed by atoms with Crippen molar-refractivity contribution in [2.24, 2.45) is 0 Å². The highest BCUT2D eigenvalue weighted by atomic mass is 32.1. The number of nitrogens with zero attached hydrogens (tertiary/aromatic N) is 4. The number of amides is 1. The molecule has 1 aliphatic heterocycles. The molecule has 4 heterocycles. The standard InChI is InChI=1S/C24H24N4O2S/c1-17-7-8-22-26-20(15-28(22)13-17)16-30-21-6-2-4-18(12-21)24(29)27-10-3-5-19(14-27)23-25-9-11-31-23/h2,4,6-9,11-13,15,19H,3,5,10,14,16H2,1H3. The predicted molar refractivity (Wildman–Crippen MR) is 121 cm³/mol. The number of thiazole rings is 1. The highest BCUT2D eigenvalue weighted by Gasteiger charge is 2.27. The highest BCUT2D eigenvalue weighted by molar-refractivity contribution is 7.09. The van der Waals surface area contributed by atoms with E-state index in [1.807, 2.05) is 69.7 Å². The molecule has 1 aliphatic rings. The minimum absolute atomic E-state index is 0.0508. The first-order chi connectivity index (χ1) is 15.2. The van der Waals surface area contributed by atoms with Crippen LogP contribution in [0.1, 0.15) is 45.4 Å². The average molecular weight is 433 g/mol. The molecule has 158 valence electrons. The summed E-state index contributed by atoms with van der Waals surface area (Å²) in [6, 6.07) is 11.5. The van der Waals surface area contributed by atoms with Crippen molar-refractivity contribution in [1.29, 1.82) is 0 Å². The Morgan fingerprint density at radius 2 is 2.19 bits per heavy atom. The lowest BCUT2D eigenvalue weighted by atomic mass is 9.98. The maximum Gasteiger partial charge on any atom is 0.254 e. The van der Waals surface area contributed by atoms with Crippen LogP contribution < -0.4 is 4.74 Å². The van der Waals surface area contributed by atoms with E-state index in [1.165, 1.54) is 5.56 Å². The van der Waals surface area contributed by atoms with Crippen molar-refractivity contribution < 1.29 is 9.53 Å². The Bertz CT molecular complexity index is 1200. The van der Waals surface area contributed by atoms with E-state index in [1.54, 1.807) is 11.3 Å².